The summed E-state index contributed by atoms with van der Waals surface area (Å²) in [5.41, 5.74) is 1.35. The number of rotatable bonds is 2. The Hall–Kier alpha value is -3.42. The number of ketones is 3. The molecule has 0 radical (unpaired) electrons. The van der Waals surface area contributed by atoms with Crippen LogP contribution in [0, 0.1) is 11.8 Å². The third-order valence-electron chi connectivity index (χ3n) is 5.57. The second-order valence-corrected chi connectivity index (χ2v) is 6.95. The number of esters is 1. The van der Waals surface area contributed by atoms with E-state index < -0.39 is 35.3 Å². The molecule has 1 saturated heterocycles. The highest BCUT2D eigenvalue weighted by atomic mass is 16.7. The molecule has 1 fully saturated rings. The zero-order valence-corrected chi connectivity index (χ0v) is 14.7. The van der Waals surface area contributed by atoms with E-state index >= 15 is 0 Å². The molecule has 0 N–H and O–H groups in total. The molecule has 1 aromatic rings. The van der Waals surface area contributed by atoms with Crippen LogP contribution in [0.3, 0.4) is 0 Å². The molecule has 8 nitrogen and oxygen atoms in total. The number of cyclic esters (lactones) is 1. The first-order valence-electron chi connectivity index (χ1n) is 8.70. The Morgan fingerprint density at radius 3 is 2.50 bits per heavy atom. The number of ether oxygens (including phenoxy) is 4. The average Bonchev–Trinajstić information content (AvgIpc) is 3.30. The minimum absolute atomic E-state index is 0.0201. The fraction of sp³-hybridized carbons (Fsp3) is 0.300. The van der Waals surface area contributed by atoms with Gasteiger partial charge in [-0.15, -0.1) is 0 Å². The van der Waals surface area contributed by atoms with Gasteiger partial charge in [-0.05, 0) is 35.4 Å². The summed E-state index contributed by atoms with van der Waals surface area (Å²) in [4.78, 5) is 49.6. The standard InChI is InChI=1S/C20H14O8/c1-25-15-3-8(2-12(21)19(15)23)16-9-4-13-14(28-7-27-13)5-10(9)18(22)11-6-26-20(24)17(11)16/h2-5,11,16-17H,6-7H2,1H3/t11-,16+,17-/m0/s1. The van der Waals surface area contributed by atoms with Crippen molar-refractivity contribution in [3.8, 4) is 11.5 Å². The van der Waals surface area contributed by atoms with E-state index in [1.165, 1.54) is 19.3 Å². The molecule has 28 heavy (non-hydrogen) atoms. The number of Topliss-reactive ketones (excluding diaryl/α,β-unsaturated/α-hetero) is 2. The van der Waals surface area contributed by atoms with Gasteiger partial charge in [-0.1, -0.05) is 0 Å². The van der Waals surface area contributed by atoms with Crippen molar-refractivity contribution in [1.82, 2.24) is 0 Å². The van der Waals surface area contributed by atoms with Crippen LogP contribution in [0.1, 0.15) is 21.8 Å². The van der Waals surface area contributed by atoms with Gasteiger partial charge < -0.3 is 18.9 Å². The summed E-state index contributed by atoms with van der Waals surface area (Å²) in [6.45, 7) is 0.0170. The quantitative estimate of drug-likeness (QED) is 0.425. The molecule has 0 unspecified atom stereocenters. The Morgan fingerprint density at radius 2 is 1.75 bits per heavy atom. The number of hydrogen-bond acceptors (Lipinski definition) is 8. The van der Waals surface area contributed by atoms with Crippen LogP contribution >= 0.6 is 0 Å². The smallest absolute Gasteiger partial charge is 0.310 e. The monoisotopic (exact) mass is 382 g/mol. The largest absolute Gasteiger partial charge is 0.492 e. The lowest BCUT2D eigenvalue weighted by Crippen LogP contribution is -2.37. The van der Waals surface area contributed by atoms with Gasteiger partial charge >= 0.3 is 5.97 Å². The van der Waals surface area contributed by atoms with Crippen LogP contribution in [-0.4, -0.2) is 43.8 Å². The maximum Gasteiger partial charge on any atom is 0.310 e. The third-order valence-corrected chi connectivity index (χ3v) is 5.57. The predicted molar refractivity (Wildman–Crippen MR) is 90.8 cm³/mol. The molecule has 8 heteroatoms. The highest BCUT2D eigenvalue weighted by Crippen LogP contribution is 2.51. The van der Waals surface area contributed by atoms with Gasteiger partial charge in [0.15, 0.2) is 23.0 Å². The van der Waals surface area contributed by atoms with Gasteiger partial charge in [0.25, 0.3) is 5.78 Å². The molecule has 0 saturated carbocycles. The molecular weight excluding hydrogens is 368 g/mol. The van der Waals surface area contributed by atoms with Gasteiger partial charge in [-0.2, -0.15) is 0 Å². The lowest BCUT2D eigenvalue weighted by atomic mass is 9.66. The molecule has 142 valence electrons. The van der Waals surface area contributed by atoms with Crippen molar-refractivity contribution in [1.29, 1.82) is 0 Å². The maximum atomic E-state index is 13.0. The molecule has 1 aromatic carbocycles. The van der Waals surface area contributed by atoms with E-state index in [1.54, 1.807) is 12.1 Å². The fourth-order valence-electron chi connectivity index (χ4n) is 4.28. The fourth-order valence-corrected chi connectivity index (χ4v) is 4.28. The normalized spacial score (nSPS) is 27.7. The molecule has 2 aliphatic heterocycles. The second kappa shape index (κ2) is 5.79. The number of benzene rings is 1. The van der Waals surface area contributed by atoms with Gasteiger partial charge in [-0.3, -0.25) is 19.2 Å². The molecular formula is C20H14O8. The first-order valence-corrected chi connectivity index (χ1v) is 8.70. The first-order chi connectivity index (χ1) is 13.5. The molecule has 0 spiro atoms. The van der Waals surface area contributed by atoms with Crippen LogP contribution in [0.15, 0.2) is 35.6 Å². The average molecular weight is 382 g/mol. The minimum Gasteiger partial charge on any atom is -0.492 e. The van der Waals surface area contributed by atoms with Crippen LogP contribution in [0.5, 0.6) is 11.5 Å². The van der Waals surface area contributed by atoms with E-state index in [4.69, 9.17) is 18.9 Å². The van der Waals surface area contributed by atoms with Crippen molar-refractivity contribution in [2.75, 3.05) is 20.5 Å². The SMILES string of the molecule is COC1=CC([C@@H]2c3cc4c(cc3C(=O)[C@H]3COC(=O)[C@@H]32)OCO4)=CC(=O)C1=O. The van der Waals surface area contributed by atoms with Gasteiger partial charge in [0, 0.05) is 11.5 Å². The zero-order chi connectivity index (χ0) is 19.6. The minimum atomic E-state index is -0.790. The lowest BCUT2D eigenvalue weighted by Gasteiger charge is -2.33. The van der Waals surface area contributed by atoms with Gasteiger partial charge in [-0.25, -0.2) is 0 Å². The van der Waals surface area contributed by atoms with Crippen molar-refractivity contribution in [3.05, 3.63) is 46.7 Å². The summed E-state index contributed by atoms with van der Waals surface area (Å²) in [6, 6.07) is 3.26. The number of hydrogen-bond donors (Lipinski definition) is 0. The number of allylic oxidation sites excluding steroid dienone is 4. The Bertz CT molecular complexity index is 1030. The van der Waals surface area contributed by atoms with Crippen LogP contribution in [-0.2, 0) is 23.9 Å². The number of methoxy groups -OCH3 is 1. The van der Waals surface area contributed by atoms with E-state index in [-0.39, 0.29) is 24.9 Å². The number of carbonyl (C=O) groups is 4. The second-order valence-electron chi connectivity index (χ2n) is 6.95. The molecule has 2 aliphatic carbocycles. The molecule has 3 atom stereocenters. The van der Waals surface area contributed by atoms with Crippen molar-refractivity contribution < 1.29 is 38.1 Å². The molecule has 0 bridgehead atoms. The van der Waals surface area contributed by atoms with Gasteiger partial charge in [0.2, 0.25) is 12.6 Å². The summed E-state index contributed by atoms with van der Waals surface area (Å²) in [7, 11) is 1.29. The summed E-state index contributed by atoms with van der Waals surface area (Å²) < 4.78 is 21.0. The zero-order valence-electron chi connectivity index (χ0n) is 14.7. The Labute approximate surface area is 158 Å². The van der Waals surface area contributed by atoms with Gasteiger partial charge in [0.1, 0.15) is 6.61 Å². The number of fused-ring (bicyclic) bond motifs is 3. The van der Waals surface area contributed by atoms with Crippen molar-refractivity contribution in [2.45, 2.75) is 5.92 Å². The summed E-state index contributed by atoms with van der Waals surface area (Å²) >= 11 is 0. The van der Waals surface area contributed by atoms with E-state index in [1.807, 2.05) is 0 Å². The van der Waals surface area contributed by atoms with Crippen LogP contribution in [0.2, 0.25) is 0 Å². The molecule has 4 aliphatic rings. The van der Waals surface area contributed by atoms with E-state index in [9.17, 15) is 19.2 Å². The summed E-state index contributed by atoms with van der Waals surface area (Å²) in [5.74, 6) is -3.53. The van der Waals surface area contributed by atoms with Crippen LogP contribution < -0.4 is 9.47 Å². The Balaban J connectivity index is 1.73. The Morgan fingerprint density at radius 1 is 1.00 bits per heavy atom. The highest BCUT2D eigenvalue weighted by Gasteiger charge is 2.53. The predicted octanol–water partition coefficient (Wildman–Crippen LogP) is 1.09. The van der Waals surface area contributed by atoms with E-state index in [2.05, 4.69) is 0 Å². The van der Waals surface area contributed by atoms with Crippen LogP contribution in [0.4, 0.5) is 0 Å². The molecule has 0 amide bonds. The molecule has 2 heterocycles. The third kappa shape index (κ3) is 2.17. The van der Waals surface area contributed by atoms with E-state index in [0.717, 1.165) is 0 Å². The topological polar surface area (TPSA) is 105 Å². The lowest BCUT2D eigenvalue weighted by molar-refractivity contribution is -0.141. The Kier molecular flexibility index (Phi) is 3.46. The highest BCUT2D eigenvalue weighted by molar-refractivity contribution is 6.47. The molecule has 5 rings (SSSR count). The summed E-state index contributed by atoms with van der Waals surface area (Å²) in [5, 5.41) is 0. The van der Waals surface area contributed by atoms with Gasteiger partial charge in [0.05, 0.1) is 18.9 Å². The first kappa shape index (κ1) is 16.7. The molecule has 0 aromatic heterocycles. The van der Waals surface area contributed by atoms with Crippen molar-refractivity contribution in [2.24, 2.45) is 11.8 Å². The van der Waals surface area contributed by atoms with Crippen molar-refractivity contribution in [3.63, 3.8) is 0 Å². The van der Waals surface area contributed by atoms with E-state index in [0.29, 0.717) is 28.2 Å². The van der Waals surface area contributed by atoms with Crippen LogP contribution in [0.25, 0.3) is 0 Å². The number of carbonyl (C=O) groups excluding carboxylic acids is 4. The maximum absolute atomic E-state index is 13.0. The summed E-state index contributed by atoms with van der Waals surface area (Å²) in [6.07, 6.45) is 2.64. The van der Waals surface area contributed by atoms with Crippen molar-refractivity contribution >= 4 is 23.3 Å².